The average Bonchev–Trinajstić information content (AvgIpc) is 2.52. The van der Waals surface area contributed by atoms with Crippen LogP contribution >= 0.6 is 23.2 Å². The Morgan fingerprint density at radius 1 is 1.12 bits per heavy atom. The zero-order valence-electron chi connectivity index (χ0n) is 12.5. The third-order valence-electron chi connectivity index (χ3n) is 2.91. The Morgan fingerprint density at radius 2 is 1.79 bits per heavy atom. The molecule has 2 aromatic rings. The zero-order valence-corrected chi connectivity index (χ0v) is 14.9. The fraction of sp³-hybridized carbons (Fsp3) is 0.133. The number of carbonyl (C=O) groups is 1. The van der Waals surface area contributed by atoms with Gasteiger partial charge >= 0.3 is 0 Å². The monoisotopic (exact) mass is 388 g/mol. The number of carbonyl (C=O) groups excluding carboxylic acids is 1. The first-order valence-corrected chi connectivity index (χ1v) is 8.97. The first-order chi connectivity index (χ1) is 11.3. The minimum absolute atomic E-state index is 0.0371. The first kappa shape index (κ1) is 18.5. The number of hydrogen-bond acceptors (Lipinski definition) is 4. The molecule has 6 nitrogen and oxygen atoms in total. The largest absolute Gasteiger partial charge is 0.482 e. The van der Waals surface area contributed by atoms with Gasteiger partial charge in [0, 0.05) is 5.02 Å². The number of hydrazine groups is 1. The Morgan fingerprint density at radius 3 is 2.42 bits per heavy atom. The Hall–Kier alpha value is -1.80. The van der Waals surface area contributed by atoms with Crippen LogP contribution in [-0.2, 0) is 14.8 Å². The molecule has 0 radical (unpaired) electrons. The molecule has 0 saturated carbocycles. The van der Waals surface area contributed by atoms with Gasteiger partial charge in [-0.15, -0.1) is 4.83 Å². The molecule has 0 aliphatic carbocycles. The maximum atomic E-state index is 12.0. The fourth-order valence-corrected chi connectivity index (χ4v) is 3.00. The van der Waals surface area contributed by atoms with E-state index in [-0.39, 0.29) is 15.7 Å². The summed E-state index contributed by atoms with van der Waals surface area (Å²) in [6, 6.07) is 10.7. The van der Waals surface area contributed by atoms with E-state index in [2.05, 4.69) is 5.43 Å². The molecule has 2 aromatic carbocycles. The average molecular weight is 389 g/mol. The quantitative estimate of drug-likeness (QED) is 0.744. The van der Waals surface area contributed by atoms with Gasteiger partial charge in [0.2, 0.25) is 0 Å². The van der Waals surface area contributed by atoms with Crippen molar-refractivity contribution in [2.24, 2.45) is 0 Å². The third-order valence-corrected chi connectivity index (χ3v) is 4.70. The number of rotatable bonds is 6. The number of benzene rings is 2. The highest BCUT2D eigenvalue weighted by Crippen LogP contribution is 2.27. The SMILES string of the molecule is Cc1ccc(S(=O)(=O)NNC(=O)COc2ccc(Cl)cc2Cl)cc1. The summed E-state index contributed by atoms with van der Waals surface area (Å²) in [6.45, 7) is 1.42. The van der Waals surface area contributed by atoms with Crippen molar-refractivity contribution in [3.05, 3.63) is 58.1 Å². The molecule has 2 rings (SSSR count). The highest BCUT2D eigenvalue weighted by Gasteiger charge is 2.15. The molecule has 0 atom stereocenters. The maximum Gasteiger partial charge on any atom is 0.272 e. The van der Waals surface area contributed by atoms with Crippen LogP contribution in [0.5, 0.6) is 5.75 Å². The molecule has 0 heterocycles. The second-order valence-corrected chi connectivity index (χ2v) is 7.36. The molecular weight excluding hydrogens is 375 g/mol. The van der Waals surface area contributed by atoms with Crippen LogP contribution in [-0.4, -0.2) is 20.9 Å². The Balaban J connectivity index is 1.89. The van der Waals surface area contributed by atoms with Gasteiger partial charge in [-0.3, -0.25) is 10.2 Å². The molecule has 0 aromatic heterocycles. The minimum atomic E-state index is -3.85. The van der Waals surface area contributed by atoms with Crippen molar-refractivity contribution in [3.63, 3.8) is 0 Å². The summed E-state index contributed by atoms with van der Waals surface area (Å²) < 4.78 is 29.2. The molecule has 2 N–H and O–H groups in total. The van der Waals surface area contributed by atoms with Gasteiger partial charge in [0.1, 0.15) is 5.75 Å². The summed E-state index contributed by atoms with van der Waals surface area (Å²) in [7, 11) is -3.85. The maximum absolute atomic E-state index is 12.0. The minimum Gasteiger partial charge on any atom is -0.482 e. The predicted molar refractivity (Wildman–Crippen MR) is 91.6 cm³/mol. The van der Waals surface area contributed by atoms with Crippen LogP contribution in [0.2, 0.25) is 10.0 Å². The van der Waals surface area contributed by atoms with Crippen molar-refractivity contribution in [2.75, 3.05) is 6.61 Å². The molecule has 128 valence electrons. The second kappa shape index (κ2) is 7.85. The van der Waals surface area contributed by atoms with Gasteiger partial charge in [0.25, 0.3) is 15.9 Å². The summed E-state index contributed by atoms with van der Waals surface area (Å²) in [5, 5.41) is 0.679. The first-order valence-electron chi connectivity index (χ1n) is 6.73. The van der Waals surface area contributed by atoms with Crippen LogP contribution in [0.3, 0.4) is 0 Å². The van der Waals surface area contributed by atoms with E-state index >= 15 is 0 Å². The van der Waals surface area contributed by atoms with Crippen LogP contribution in [0, 0.1) is 6.92 Å². The lowest BCUT2D eigenvalue weighted by Crippen LogP contribution is -2.43. The lowest BCUT2D eigenvalue weighted by molar-refractivity contribution is -0.123. The Kier molecular flexibility index (Phi) is 6.06. The number of halogens is 2. The number of aryl methyl sites for hydroxylation is 1. The summed E-state index contributed by atoms with van der Waals surface area (Å²) in [5.41, 5.74) is 2.99. The highest BCUT2D eigenvalue weighted by atomic mass is 35.5. The van der Waals surface area contributed by atoms with Crippen LogP contribution in [0.1, 0.15) is 5.56 Å². The molecule has 0 aliphatic heterocycles. The summed E-state index contributed by atoms with van der Waals surface area (Å²) in [5.74, 6) is -0.422. The van der Waals surface area contributed by atoms with E-state index < -0.39 is 22.5 Å². The summed E-state index contributed by atoms with van der Waals surface area (Å²) in [6.07, 6.45) is 0. The summed E-state index contributed by atoms with van der Waals surface area (Å²) in [4.78, 5) is 13.7. The molecule has 0 aliphatic rings. The van der Waals surface area contributed by atoms with Gasteiger partial charge in [0.05, 0.1) is 9.92 Å². The van der Waals surface area contributed by atoms with Gasteiger partial charge < -0.3 is 4.74 Å². The molecule has 0 spiro atoms. The lowest BCUT2D eigenvalue weighted by Gasteiger charge is -2.10. The van der Waals surface area contributed by atoms with Crippen molar-refractivity contribution in [2.45, 2.75) is 11.8 Å². The molecular formula is C15H14Cl2N2O4S. The van der Waals surface area contributed by atoms with E-state index in [4.69, 9.17) is 27.9 Å². The Labute approximate surface area is 149 Å². The number of sulfonamides is 1. The molecule has 0 bridgehead atoms. The molecule has 0 unspecified atom stereocenters. The van der Waals surface area contributed by atoms with Crippen molar-refractivity contribution in [3.8, 4) is 5.75 Å². The number of nitrogens with one attached hydrogen (secondary N) is 2. The molecule has 9 heteroatoms. The van der Waals surface area contributed by atoms with Gasteiger partial charge in [0.15, 0.2) is 6.61 Å². The van der Waals surface area contributed by atoms with Crippen molar-refractivity contribution in [1.29, 1.82) is 0 Å². The topological polar surface area (TPSA) is 84.5 Å². The van der Waals surface area contributed by atoms with E-state index in [9.17, 15) is 13.2 Å². The molecule has 1 amide bonds. The molecule has 0 fully saturated rings. The van der Waals surface area contributed by atoms with E-state index in [1.807, 2.05) is 11.8 Å². The van der Waals surface area contributed by atoms with Crippen LogP contribution in [0.25, 0.3) is 0 Å². The normalized spacial score (nSPS) is 11.1. The van der Waals surface area contributed by atoms with Crippen LogP contribution in [0.15, 0.2) is 47.4 Å². The number of hydrogen-bond donors (Lipinski definition) is 2. The van der Waals surface area contributed by atoms with Gasteiger partial charge in [-0.05, 0) is 37.3 Å². The number of amides is 1. The van der Waals surface area contributed by atoms with E-state index in [0.717, 1.165) is 5.56 Å². The second-order valence-electron chi connectivity index (χ2n) is 4.83. The van der Waals surface area contributed by atoms with Crippen LogP contribution < -0.4 is 15.0 Å². The van der Waals surface area contributed by atoms with E-state index in [1.54, 1.807) is 18.2 Å². The van der Waals surface area contributed by atoms with Crippen molar-refractivity contribution < 1.29 is 17.9 Å². The highest BCUT2D eigenvalue weighted by molar-refractivity contribution is 7.89. The third kappa shape index (κ3) is 5.10. The summed E-state index contributed by atoms with van der Waals surface area (Å²) >= 11 is 11.7. The van der Waals surface area contributed by atoms with Gasteiger partial charge in [-0.2, -0.15) is 0 Å². The van der Waals surface area contributed by atoms with Crippen molar-refractivity contribution in [1.82, 2.24) is 10.3 Å². The molecule has 24 heavy (non-hydrogen) atoms. The predicted octanol–water partition coefficient (Wildman–Crippen LogP) is 2.69. The standard InChI is InChI=1S/C15H14Cl2N2O4S/c1-10-2-5-12(6-3-10)24(21,22)19-18-15(20)9-23-14-7-4-11(16)8-13(14)17/h2-8,19H,9H2,1H3,(H,18,20). The Bertz CT molecular complexity index is 839. The zero-order chi connectivity index (χ0) is 17.7. The van der Waals surface area contributed by atoms with E-state index in [1.165, 1.54) is 24.3 Å². The smallest absolute Gasteiger partial charge is 0.272 e. The van der Waals surface area contributed by atoms with Crippen LogP contribution in [0.4, 0.5) is 0 Å². The lowest BCUT2D eigenvalue weighted by atomic mass is 10.2. The fourth-order valence-electron chi connectivity index (χ4n) is 1.67. The van der Waals surface area contributed by atoms with Gasteiger partial charge in [-0.25, -0.2) is 8.42 Å². The molecule has 0 saturated heterocycles. The van der Waals surface area contributed by atoms with Crippen molar-refractivity contribution >= 4 is 39.1 Å². The van der Waals surface area contributed by atoms with E-state index in [0.29, 0.717) is 5.02 Å². The van der Waals surface area contributed by atoms with Gasteiger partial charge in [-0.1, -0.05) is 40.9 Å². The number of ether oxygens (including phenoxy) is 1.